The average molecular weight is 496 g/mol. The number of ketones is 1. The summed E-state index contributed by atoms with van der Waals surface area (Å²) < 4.78 is 5.74. The zero-order chi connectivity index (χ0) is 24.6. The van der Waals surface area contributed by atoms with E-state index in [-0.39, 0.29) is 17.3 Å². The van der Waals surface area contributed by atoms with Crippen LogP contribution in [0.2, 0.25) is 5.02 Å². The number of benzene rings is 2. The molecule has 7 heteroatoms. The smallest absolute Gasteiger partial charge is 0.300 e. The summed E-state index contributed by atoms with van der Waals surface area (Å²) in [5.74, 6) is -0.753. The third-order valence-electron chi connectivity index (χ3n) is 5.96. The standard InChI is InChI=1S/C27H26ClNO4S/c1-5-33-21-12-11-17(14-18(21)15(2)3)25(30)23-24(22-10-7-13-34-22)29(27(32)26(23)31)20-9-6-8-19(28)16(20)4/h6-15,24,30H,5H2,1-4H3/b25-23-. The van der Waals surface area contributed by atoms with Crippen molar-refractivity contribution in [1.29, 1.82) is 0 Å². The van der Waals surface area contributed by atoms with Crippen LogP contribution in [0.4, 0.5) is 5.69 Å². The maximum absolute atomic E-state index is 13.3. The van der Waals surface area contributed by atoms with Gasteiger partial charge < -0.3 is 9.84 Å². The van der Waals surface area contributed by atoms with Crippen LogP contribution in [0.5, 0.6) is 5.75 Å². The van der Waals surface area contributed by atoms with E-state index in [9.17, 15) is 14.7 Å². The Bertz CT molecular complexity index is 1280. The molecule has 0 radical (unpaired) electrons. The Hall–Kier alpha value is -3.09. The number of ether oxygens (including phenoxy) is 1. The van der Waals surface area contributed by atoms with Gasteiger partial charge in [0.2, 0.25) is 0 Å². The highest BCUT2D eigenvalue weighted by atomic mass is 35.5. The Labute approximate surface area is 208 Å². The first-order chi connectivity index (χ1) is 16.3. The van der Waals surface area contributed by atoms with E-state index in [1.807, 2.05) is 51.3 Å². The minimum Gasteiger partial charge on any atom is -0.507 e. The largest absolute Gasteiger partial charge is 0.507 e. The van der Waals surface area contributed by atoms with E-state index in [1.165, 1.54) is 16.2 Å². The Morgan fingerprint density at radius 2 is 1.94 bits per heavy atom. The molecule has 1 amide bonds. The SMILES string of the molecule is CCOc1ccc(/C(O)=C2/C(=O)C(=O)N(c3cccc(Cl)c3C)C2c2cccs2)cc1C(C)C. The number of halogens is 1. The van der Waals surface area contributed by atoms with Crippen molar-refractivity contribution in [3.05, 3.63) is 86.1 Å². The molecule has 5 nitrogen and oxygen atoms in total. The van der Waals surface area contributed by atoms with Gasteiger partial charge >= 0.3 is 0 Å². The second-order valence-electron chi connectivity index (χ2n) is 8.41. The Morgan fingerprint density at radius 3 is 2.59 bits per heavy atom. The van der Waals surface area contributed by atoms with Crippen LogP contribution >= 0.6 is 22.9 Å². The molecule has 1 aromatic heterocycles. The Kier molecular flexibility index (Phi) is 6.82. The highest BCUT2D eigenvalue weighted by Crippen LogP contribution is 2.45. The summed E-state index contributed by atoms with van der Waals surface area (Å²) in [5.41, 5.74) is 2.68. The number of nitrogens with zero attached hydrogens (tertiary/aromatic N) is 1. The van der Waals surface area contributed by atoms with Crippen LogP contribution in [0.25, 0.3) is 5.76 Å². The summed E-state index contributed by atoms with van der Waals surface area (Å²) >= 11 is 7.76. The molecule has 1 atom stereocenters. The number of hydrogen-bond acceptors (Lipinski definition) is 5. The lowest BCUT2D eigenvalue weighted by Gasteiger charge is -2.26. The Morgan fingerprint density at radius 1 is 1.18 bits per heavy atom. The maximum Gasteiger partial charge on any atom is 0.300 e. The number of aliphatic hydroxyl groups excluding tert-OH is 1. The second kappa shape index (κ2) is 9.65. The van der Waals surface area contributed by atoms with Gasteiger partial charge in [-0.1, -0.05) is 37.6 Å². The van der Waals surface area contributed by atoms with E-state index in [0.717, 1.165) is 16.2 Å². The third kappa shape index (κ3) is 4.12. The first-order valence-electron chi connectivity index (χ1n) is 11.1. The number of Topliss-reactive ketones (excluding diaryl/α,β-unsaturated/α-hetero) is 1. The van der Waals surface area contributed by atoms with Gasteiger partial charge in [-0.05, 0) is 72.7 Å². The Balaban J connectivity index is 1.93. The van der Waals surface area contributed by atoms with Gasteiger partial charge in [0.05, 0.1) is 12.2 Å². The van der Waals surface area contributed by atoms with E-state index in [0.29, 0.717) is 28.4 Å². The van der Waals surface area contributed by atoms with Gasteiger partial charge in [0.25, 0.3) is 11.7 Å². The quantitative estimate of drug-likeness (QED) is 0.230. The summed E-state index contributed by atoms with van der Waals surface area (Å²) in [7, 11) is 0. The highest BCUT2D eigenvalue weighted by molar-refractivity contribution is 7.10. The van der Waals surface area contributed by atoms with Crippen LogP contribution in [0.3, 0.4) is 0 Å². The fourth-order valence-electron chi connectivity index (χ4n) is 4.24. The van der Waals surface area contributed by atoms with Gasteiger partial charge in [0, 0.05) is 21.2 Å². The molecular weight excluding hydrogens is 470 g/mol. The topological polar surface area (TPSA) is 66.8 Å². The van der Waals surface area contributed by atoms with E-state index in [1.54, 1.807) is 30.3 Å². The van der Waals surface area contributed by atoms with Gasteiger partial charge in [-0.15, -0.1) is 11.3 Å². The molecule has 1 aliphatic heterocycles. The molecule has 2 heterocycles. The van der Waals surface area contributed by atoms with Crippen molar-refractivity contribution in [2.24, 2.45) is 0 Å². The number of rotatable bonds is 6. The summed E-state index contributed by atoms with van der Waals surface area (Å²) in [4.78, 5) is 28.9. The number of aliphatic hydroxyl groups is 1. The lowest BCUT2D eigenvalue weighted by molar-refractivity contribution is -0.132. The number of amides is 1. The molecule has 0 spiro atoms. The summed E-state index contributed by atoms with van der Waals surface area (Å²) in [5, 5.41) is 13.8. The van der Waals surface area contributed by atoms with Crippen LogP contribution in [-0.2, 0) is 9.59 Å². The van der Waals surface area contributed by atoms with Gasteiger partial charge in [0.15, 0.2) is 0 Å². The van der Waals surface area contributed by atoms with Crippen molar-refractivity contribution in [1.82, 2.24) is 0 Å². The molecule has 1 aliphatic rings. The lowest BCUT2D eigenvalue weighted by Crippen LogP contribution is -2.29. The molecule has 2 aromatic carbocycles. The second-order valence-corrected chi connectivity index (χ2v) is 9.80. The number of carbonyl (C=O) groups excluding carboxylic acids is 2. The molecular formula is C27H26ClNO4S. The molecule has 0 aliphatic carbocycles. The molecule has 1 fully saturated rings. The first-order valence-corrected chi connectivity index (χ1v) is 12.4. The molecule has 34 heavy (non-hydrogen) atoms. The van der Waals surface area contributed by atoms with Crippen molar-refractivity contribution in [2.45, 2.75) is 39.7 Å². The molecule has 3 aromatic rings. The van der Waals surface area contributed by atoms with E-state index in [4.69, 9.17) is 16.3 Å². The number of carbonyl (C=O) groups is 2. The zero-order valence-corrected chi connectivity index (χ0v) is 21.0. The van der Waals surface area contributed by atoms with Crippen molar-refractivity contribution in [3.63, 3.8) is 0 Å². The first kappa shape index (κ1) is 24.0. The van der Waals surface area contributed by atoms with Crippen LogP contribution in [0, 0.1) is 6.92 Å². The fourth-order valence-corrected chi connectivity index (χ4v) is 5.24. The summed E-state index contributed by atoms with van der Waals surface area (Å²) in [6.07, 6.45) is 0. The van der Waals surface area contributed by atoms with Crippen LogP contribution in [-0.4, -0.2) is 23.4 Å². The maximum atomic E-state index is 13.3. The van der Waals surface area contributed by atoms with Gasteiger partial charge in [-0.2, -0.15) is 0 Å². The monoisotopic (exact) mass is 495 g/mol. The van der Waals surface area contributed by atoms with E-state index in [2.05, 4.69) is 0 Å². The zero-order valence-electron chi connectivity index (χ0n) is 19.5. The summed E-state index contributed by atoms with van der Waals surface area (Å²) in [6, 6.07) is 13.6. The van der Waals surface area contributed by atoms with Crippen LogP contribution < -0.4 is 9.64 Å². The summed E-state index contributed by atoms with van der Waals surface area (Å²) in [6.45, 7) is 8.32. The van der Waals surface area contributed by atoms with Gasteiger partial charge in [-0.25, -0.2) is 0 Å². The van der Waals surface area contributed by atoms with Crippen molar-refractivity contribution in [3.8, 4) is 5.75 Å². The number of thiophene rings is 1. The molecule has 0 saturated carbocycles. The molecule has 1 unspecified atom stereocenters. The van der Waals surface area contributed by atoms with Gasteiger partial charge in [0.1, 0.15) is 17.6 Å². The van der Waals surface area contributed by atoms with Crippen LogP contribution in [0.1, 0.15) is 54.3 Å². The highest BCUT2D eigenvalue weighted by Gasteiger charge is 2.48. The van der Waals surface area contributed by atoms with E-state index >= 15 is 0 Å². The number of anilines is 1. The predicted octanol–water partition coefficient (Wildman–Crippen LogP) is 6.86. The third-order valence-corrected chi connectivity index (χ3v) is 7.30. The number of hydrogen-bond donors (Lipinski definition) is 1. The molecule has 176 valence electrons. The van der Waals surface area contributed by atoms with Crippen molar-refractivity contribution >= 4 is 46.1 Å². The fraction of sp³-hybridized carbons (Fsp3) is 0.259. The van der Waals surface area contributed by atoms with Crippen molar-refractivity contribution in [2.75, 3.05) is 11.5 Å². The minimum absolute atomic E-state index is 0.0608. The predicted molar refractivity (Wildman–Crippen MR) is 137 cm³/mol. The van der Waals surface area contributed by atoms with Crippen molar-refractivity contribution < 1.29 is 19.4 Å². The molecule has 0 bridgehead atoms. The van der Waals surface area contributed by atoms with E-state index < -0.39 is 17.7 Å². The van der Waals surface area contributed by atoms with Crippen LogP contribution in [0.15, 0.2) is 59.5 Å². The molecule has 4 rings (SSSR count). The normalized spacial score (nSPS) is 17.6. The molecule has 1 saturated heterocycles. The van der Waals surface area contributed by atoms with Gasteiger partial charge in [-0.3, -0.25) is 14.5 Å². The lowest BCUT2D eigenvalue weighted by atomic mass is 9.95. The molecule has 1 N–H and O–H groups in total. The minimum atomic E-state index is -0.758. The average Bonchev–Trinajstić information content (AvgIpc) is 3.43.